The predicted molar refractivity (Wildman–Crippen MR) is 80.8 cm³/mol. The minimum atomic E-state index is -0.321. The van der Waals surface area contributed by atoms with E-state index < -0.39 is 0 Å². The number of benzene rings is 1. The van der Waals surface area contributed by atoms with Gasteiger partial charge < -0.3 is 4.74 Å². The van der Waals surface area contributed by atoms with E-state index in [4.69, 9.17) is 4.74 Å². The quantitative estimate of drug-likeness (QED) is 0.819. The first kappa shape index (κ1) is 15.5. The summed E-state index contributed by atoms with van der Waals surface area (Å²) in [5.41, 5.74) is 3.07. The molecule has 4 nitrogen and oxygen atoms in total. The lowest BCUT2D eigenvalue weighted by atomic mass is 10.1. The van der Waals surface area contributed by atoms with E-state index >= 15 is 0 Å². The molecule has 0 saturated heterocycles. The van der Waals surface area contributed by atoms with Gasteiger partial charge in [-0.2, -0.15) is 5.10 Å². The monoisotopic (exact) mass is 291 g/mol. The average molecular weight is 291 g/mol. The summed E-state index contributed by atoms with van der Waals surface area (Å²) in [6.45, 7) is 6.33. The third-order valence-corrected chi connectivity index (χ3v) is 3.51. The van der Waals surface area contributed by atoms with Crippen LogP contribution in [0, 0.1) is 12.7 Å². The molecule has 0 fully saturated rings. The summed E-state index contributed by atoms with van der Waals surface area (Å²) in [5.74, 6) is 0.00343. The maximum absolute atomic E-state index is 13.7. The molecule has 114 valence electrons. The molecule has 2 rings (SSSR count). The van der Waals surface area contributed by atoms with Crippen LogP contribution >= 0.6 is 0 Å². The normalized spacial score (nSPS) is 11.1. The summed E-state index contributed by atoms with van der Waals surface area (Å²) in [7, 11) is 3.50. The van der Waals surface area contributed by atoms with E-state index in [0.29, 0.717) is 12.3 Å². The second-order valence-electron chi connectivity index (χ2n) is 5.20. The summed E-state index contributed by atoms with van der Waals surface area (Å²) in [4.78, 5) is 2.13. The molecule has 5 heteroatoms. The highest BCUT2D eigenvalue weighted by atomic mass is 19.1. The van der Waals surface area contributed by atoms with Gasteiger partial charge in [-0.1, -0.05) is 12.1 Å². The van der Waals surface area contributed by atoms with Crippen LogP contribution in [0.2, 0.25) is 0 Å². The Bertz CT molecular complexity index is 610. The number of ether oxygens (including phenoxy) is 1. The van der Waals surface area contributed by atoms with Crippen LogP contribution in [0.15, 0.2) is 24.4 Å². The highest BCUT2D eigenvalue weighted by molar-refractivity contribution is 5.34. The predicted octanol–water partition coefficient (Wildman–Crippen LogP) is 2.99. The number of methoxy groups -OCH3 is 1. The number of rotatable bonds is 6. The zero-order valence-corrected chi connectivity index (χ0v) is 13.1. The van der Waals surface area contributed by atoms with Crippen LogP contribution in [0.4, 0.5) is 4.39 Å². The highest BCUT2D eigenvalue weighted by Gasteiger charge is 2.12. The van der Waals surface area contributed by atoms with Gasteiger partial charge in [0.15, 0.2) is 11.6 Å². The van der Waals surface area contributed by atoms with Crippen molar-refractivity contribution in [1.82, 2.24) is 14.7 Å². The Morgan fingerprint density at radius 3 is 2.62 bits per heavy atom. The SMILES string of the molecule is CCn1cc(CN(C)Cc2cccc(F)c2OC)c(C)n1. The smallest absolute Gasteiger partial charge is 0.165 e. The average Bonchev–Trinajstić information content (AvgIpc) is 2.79. The number of hydrogen-bond donors (Lipinski definition) is 0. The molecule has 0 aliphatic carbocycles. The van der Waals surface area contributed by atoms with Crippen LogP contribution in [-0.2, 0) is 19.6 Å². The molecule has 0 radical (unpaired) electrons. The molecule has 0 aliphatic heterocycles. The zero-order chi connectivity index (χ0) is 15.4. The molecule has 0 N–H and O–H groups in total. The van der Waals surface area contributed by atoms with E-state index in [1.54, 1.807) is 6.07 Å². The second-order valence-corrected chi connectivity index (χ2v) is 5.20. The van der Waals surface area contributed by atoms with Crippen LogP contribution < -0.4 is 4.74 Å². The largest absolute Gasteiger partial charge is 0.493 e. The van der Waals surface area contributed by atoms with Crippen molar-refractivity contribution in [3.8, 4) is 5.75 Å². The van der Waals surface area contributed by atoms with Crippen LogP contribution in [0.25, 0.3) is 0 Å². The zero-order valence-electron chi connectivity index (χ0n) is 13.1. The highest BCUT2D eigenvalue weighted by Crippen LogP contribution is 2.23. The Balaban J connectivity index is 2.09. The summed E-state index contributed by atoms with van der Waals surface area (Å²) >= 11 is 0. The van der Waals surface area contributed by atoms with Gasteiger partial charge in [-0.15, -0.1) is 0 Å². The molecular weight excluding hydrogens is 269 g/mol. The standard InChI is InChI=1S/C16H22FN3O/c1-5-20-11-14(12(2)18-20)10-19(3)9-13-7-6-8-15(17)16(13)21-4/h6-8,11H,5,9-10H2,1-4H3. The Labute approximate surface area is 125 Å². The van der Waals surface area contributed by atoms with Gasteiger partial charge >= 0.3 is 0 Å². The summed E-state index contributed by atoms with van der Waals surface area (Å²) < 4.78 is 20.8. The molecule has 0 unspecified atom stereocenters. The van der Waals surface area contributed by atoms with Gasteiger partial charge in [0.25, 0.3) is 0 Å². The van der Waals surface area contributed by atoms with E-state index in [-0.39, 0.29) is 5.82 Å². The summed E-state index contributed by atoms with van der Waals surface area (Å²) in [6.07, 6.45) is 2.06. The van der Waals surface area contributed by atoms with Gasteiger partial charge in [-0.25, -0.2) is 4.39 Å². The molecule has 0 bridgehead atoms. The van der Waals surface area contributed by atoms with Crippen LogP contribution in [0.1, 0.15) is 23.7 Å². The molecule has 1 heterocycles. The van der Waals surface area contributed by atoms with E-state index in [9.17, 15) is 4.39 Å². The third-order valence-electron chi connectivity index (χ3n) is 3.51. The summed E-state index contributed by atoms with van der Waals surface area (Å²) in [5, 5.41) is 4.44. The number of aryl methyl sites for hydroxylation is 2. The lowest BCUT2D eigenvalue weighted by molar-refractivity contribution is 0.305. The second kappa shape index (κ2) is 6.72. The Hall–Kier alpha value is -1.88. The molecular formula is C16H22FN3O. The molecule has 2 aromatic rings. The molecule has 1 aromatic carbocycles. The van der Waals surface area contributed by atoms with Gasteiger partial charge in [0.05, 0.1) is 12.8 Å². The fourth-order valence-corrected chi connectivity index (χ4v) is 2.42. The van der Waals surface area contributed by atoms with Crippen molar-refractivity contribution in [1.29, 1.82) is 0 Å². The number of para-hydroxylation sites is 1. The van der Waals surface area contributed by atoms with E-state index in [1.807, 2.05) is 24.7 Å². The number of nitrogens with zero attached hydrogens (tertiary/aromatic N) is 3. The lowest BCUT2D eigenvalue weighted by Crippen LogP contribution is -2.18. The van der Waals surface area contributed by atoms with Crippen LogP contribution in [0.3, 0.4) is 0 Å². The van der Waals surface area contributed by atoms with Gasteiger partial charge in [-0.3, -0.25) is 9.58 Å². The van der Waals surface area contributed by atoms with Gasteiger partial charge in [0, 0.05) is 37.0 Å². The maximum atomic E-state index is 13.7. The van der Waals surface area contributed by atoms with Crippen molar-refractivity contribution < 1.29 is 9.13 Å². The van der Waals surface area contributed by atoms with E-state index in [0.717, 1.165) is 24.3 Å². The van der Waals surface area contributed by atoms with Crippen LogP contribution in [-0.4, -0.2) is 28.8 Å². The molecule has 0 spiro atoms. The molecule has 0 saturated carbocycles. The van der Waals surface area contributed by atoms with Gasteiger partial charge in [0.1, 0.15) is 0 Å². The van der Waals surface area contributed by atoms with Gasteiger partial charge in [-0.05, 0) is 27.0 Å². The van der Waals surface area contributed by atoms with Crippen LogP contribution in [0.5, 0.6) is 5.75 Å². The van der Waals surface area contributed by atoms with E-state index in [1.165, 1.54) is 18.7 Å². The van der Waals surface area contributed by atoms with Crippen molar-refractivity contribution in [3.63, 3.8) is 0 Å². The number of hydrogen-bond acceptors (Lipinski definition) is 3. The van der Waals surface area contributed by atoms with E-state index in [2.05, 4.69) is 23.1 Å². The minimum absolute atomic E-state index is 0.321. The maximum Gasteiger partial charge on any atom is 0.165 e. The number of aromatic nitrogens is 2. The Morgan fingerprint density at radius 2 is 2.00 bits per heavy atom. The first-order chi connectivity index (χ1) is 10.0. The van der Waals surface area contributed by atoms with Crippen molar-refractivity contribution in [2.24, 2.45) is 0 Å². The molecule has 1 aromatic heterocycles. The molecule has 0 amide bonds. The Morgan fingerprint density at radius 1 is 1.29 bits per heavy atom. The van der Waals surface area contributed by atoms with Crippen molar-refractivity contribution >= 4 is 0 Å². The van der Waals surface area contributed by atoms with Crippen molar-refractivity contribution in [2.75, 3.05) is 14.2 Å². The van der Waals surface area contributed by atoms with Crippen molar-refractivity contribution in [2.45, 2.75) is 33.5 Å². The van der Waals surface area contributed by atoms with Crippen molar-refractivity contribution in [3.05, 3.63) is 47.0 Å². The fraction of sp³-hybridized carbons (Fsp3) is 0.438. The molecule has 0 aliphatic rings. The van der Waals surface area contributed by atoms with Gasteiger partial charge in [0.2, 0.25) is 0 Å². The summed E-state index contributed by atoms with van der Waals surface area (Å²) in [6, 6.07) is 5.01. The third kappa shape index (κ3) is 3.61. The number of halogens is 1. The fourth-order valence-electron chi connectivity index (χ4n) is 2.42. The first-order valence-electron chi connectivity index (χ1n) is 7.08. The first-order valence-corrected chi connectivity index (χ1v) is 7.08. The molecule has 21 heavy (non-hydrogen) atoms. The Kier molecular flexibility index (Phi) is 4.96. The minimum Gasteiger partial charge on any atom is -0.493 e. The topological polar surface area (TPSA) is 30.3 Å². The molecule has 0 atom stereocenters. The lowest BCUT2D eigenvalue weighted by Gasteiger charge is -2.18.